The van der Waals surface area contributed by atoms with E-state index in [2.05, 4.69) is 0 Å². The van der Waals surface area contributed by atoms with Crippen LogP contribution in [-0.4, -0.2) is 35.0 Å². The van der Waals surface area contributed by atoms with Gasteiger partial charge in [0, 0.05) is 6.54 Å². The minimum Gasteiger partial charge on any atom is -0.480 e. The second-order valence-electron chi connectivity index (χ2n) is 4.16. The first kappa shape index (κ1) is 16.0. The Labute approximate surface area is 113 Å². The average Bonchev–Trinajstić information content (AvgIpc) is 2.36. The summed E-state index contributed by atoms with van der Waals surface area (Å²) in [7, 11) is 0. The number of carboxylic acid groups (broad SMARTS) is 1. The molecule has 0 bridgehead atoms. The molecule has 1 aromatic carbocycles. The highest BCUT2D eigenvalue weighted by atomic mass is 19.4. The van der Waals surface area contributed by atoms with Crippen LogP contribution in [0.5, 0.6) is 0 Å². The lowest BCUT2D eigenvalue weighted by molar-refractivity contribution is -0.138. The van der Waals surface area contributed by atoms with Gasteiger partial charge in [0.15, 0.2) is 0 Å². The number of hydrogen-bond donors (Lipinski definition) is 1. The summed E-state index contributed by atoms with van der Waals surface area (Å²) in [6.07, 6.45) is -4.21. The number of rotatable bonds is 5. The minimum atomic E-state index is -4.66. The Balaban J connectivity index is 3.15. The zero-order valence-electron chi connectivity index (χ0n) is 10.8. The van der Waals surface area contributed by atoms with E-state index in [9.17, 15) is 22.8 Å². The SMILES string of the molecule is CCCN(CC(=O)O)C(=O)c1ccccc1C(F)(F)F. The number of carbonyl (C=O) groups is 2. The molecule has 0 atom stereocenters. The van der Waals surface area contributed by atoms with Crippen LogP contribution in [-0.2, 0) is 11.0 Å². The Kier molecular flexibility index (Phi) is 5.12. The molecule has 110 valence electrons. The molecule has 4 nitrogen and oxygen atoms in total. The molecule has 1 aromatic rings. The molecule has 0 fully saturated rings. The summed E-state index contributed by atoms with van der Waals surface area (Å²) in [5.41, 5.74) is -1.59. The van der Waals surface area contributed by atoms with Gasteiger partial charge in [0.05, 0.1) is 11.1 Å². The van der Waals surface area contributed by atoms with Crippen molar-refractivity contribution >= 4 is 11.9 Å². The summed E-state index contributed by atoms with van der Waals surface area (Å²) in [4.78, 5) is 23.7. The Hall–Kier alpha value is -2.05. The van der Waals surface area contributed by atoms with Crippen LogP contribution in [0.25, 0.3) is 0 Å². The molecule has 7 heteroatoms. The quantitative estimate of drug-likeness (QED) is 0.906. The van der Waals surface area contributed by atoms with Gasteiger partial charge >= 0.3 is 12.1 Å². The van der Waals surface area contributed by atoms with Gasteiger partial charge in [0.2, 0.25) is 0 Å². The normalized spacial score (nSPS) is 11.2. The summed E-state index contributed by atoms with van der Waals surface area (Å²) in [6, 6.07) is 4.35. The van der Waals surface area contributed by atoms with Crippen LogP contribution in [0.4, 0.5) is 13.2 Å². The molecular formula is C13H14F3NO3. The third kappa shape index (κ3) is 3.97. The number of carbonyl (C=O) groups excluding carboxylic acids is 1. The molecule has 0 heterocycles. The first-order valence-electron chi connectivity index (χ1n) is 5.94. The van der Waals surface area contributed by atoms with Gasteiger partial charge in [-0.1, -0.05) is 19.1 Å². The number of nitrogens with zero attached hydrogens (tertiary/aromatic N) is 1. The molecular weight excluding hydrogens is 275 g/mol. The van der Waals surface area contributed by atoms with Gasteiger partial charge in [-0.2, -0.15) is 13.2 Å². The maximum absolute atomic E-state index is 12.8. The molecule has 0 saturated heterocycles. The summed E-state index contributed by atoms with van der Waals surface area (Å²) >= 11 is 0. The third-order valence-electron chi connectivity index (χ3n) is 2.57. The summed E-state index contributed by atoms with van der Waals surface area (Å²) in [5.74, 6) is -2.20. The summed E-state index contributed by atoms with van der Waals surface area (Å²) < 4.78 is 38.5. The van der Waals surface area contributed by atoms with Gasteiger partial charge in [0.25, 0.3) is 5.91 Å². The third-order valence-corrected chi connectivity index (χ3v) is 2.57. The van der Waals surface area contributed by atoms with E-state index in [4.69, 9.17) is 5.11 Å². The monoisotopic (exact) mass is 289 g/mol. The minimum absolute atomic E-state index is 0.0807. The van der Waals surface area contributed by atoms with Gasteiger partial charge < -0.3 is 10.0 Å². The lowest BCUT2D eigenvalue weighted by Crippen LogP contribution is -2.37. The highest BCUT2D eigenvalue weighted by Crippen LogP contribution is 2.32. The predicted molar refractivity (Wildman–Crippen MR) is 65.3 cm³/mol. The van der Waals surface area contributed by atoms with E-state index in [0.717, 1.165) is 17.0 Å². The van der Waals surface area contributed by atoms with Crippen LogP contribution in [0.1, 0.15) is 29.3 Å². The molecule has 20 heavy (non-hydrogen) atoms. The number of carboxylic acids is 1. The average molecular weight is 289 g/mol. The zero-order chi connectivity index (χ0) is 15.3. The molecule has 0 radical (unpaired) electrons. The van der Waals surface area contributed by atoms with Crippen molar-refractivity contribution in [1.29, 1.82) is 0 Å². The Bertz CT molecular complexity index is 500. The highest BCUT2D eigenvalue weighted by molar-refractivity contribution is 5.97. The first-order chi connectivity index (χ1) is 9.27. The van der Waals surface area contributed by atoms with E-state index >= 15 is 0 Å². The second-order valence-corrected chi connectivity index (χ2v) is 4.16. The van der Waals surface area contributed by atoms with Gasteiger partial charge in [0.1, 0.15) is 6.54 Å². The van der Waals surface area contributed by atoms with E-state index in [0.29, 0.717) is 6.42 Å². The largest absolute Gasteiger partial charge is 0.480 e. The fourth-order valence-corrected chi connectivity index (χ4v) is 1.77. The lowest BCUT2D eigenvalue weighted by Gasteiger charge is -2.22. The van der Waals surface area contributed by atoms with E-state index < -0.39 is 35.7 Å². The van der Waals surface area contributed by atoms with Gasteiger partial charge in [-0.05, 0) is 18.6 Å². The number of hydrogen-bond acceptors (Lipinski definition) is 2. The van der Waals surface area contributed by atoms with Crippen LogP contribution >= 0.6 is 0 Å². The number of halogens is 3. The number of aliphatic carboxylic acids is 1. The summed E-state index contributed by atoms with van der Waals surface area (Å²) in [6.45, 7) is 1.16. The molecule has 0 aromatic heterocycles. The van der Waals surface area contributed by atoms with Crippen LogP contribution in [0.15, 0.2) is 24.3 Å². The molecule has 1 amide bonds. The predicted octanol–water partition coefficient (Wildman–Crippen LogP) is 2.64. The Morgan fingerprint density at radius 3 is 2.35 bits per heavy atom. The topological polar surface area (TPSA) is 57.6 Å². The zero-order valence-corrected chi connectivity index (χ0v) is 10.8. The molecule has 0 aliphatic rings. The van der Waals surface area contributed by atoms with E-state index in [-0.39, 0.29) is 6.54 Å². The molecule has 0 saturated carbocycles. The van der Waals surface area contributed by atoms with Crippen molar-refractivity contribution in [1.82, 2.24) is 4.90 Å². The summed E-state index contributed by atoms with van der Waals surface area (Å²) in [5, 5.41) is 8.72. The van der Waals surface area contributed by atoms with Crippen molar-refractivity contribution in [3.63, 3.8) is 0 Å². The van der Waals surface area contributed by atoms with Crippen LogP contribution in [0.2, 0.25) is 0 Å². The van der Waals surface area contributed by atoms with E-state index in [1.54, 1.807) is 6.92 Å². The fourth-order valence-electron chi connectivity index (χ4n) is 1.77. The van der Waals surface area contributed by atoms with Crippen molar-refractivity contribution in [2.75, 3.05) is 13.1 Å². The molecule has 0 aliphatic carbocycles. The van der Waals surface area contributed by atoms with E-state index in [1.165, 1.54) is 12.1 Å². The fraction of sp³-hybridized carbons (Fsp3) is 0.385. The van der Waals surface area contributed by atoms with Crippen molar-refractivity contribution in [3.8, 4) is 0 Å². The Morgan fingerprint density at radius 2 is 1.85 bits per heavy atom. The van der Waals surface area contributed by atoms with Crippen molar-refractivity contribution in [2.24, 2.45) is 0 Å². The van der Waals surface area contributed by atoms with Gasteiger partial charge in [-0.15, -0.1) is 0 Å². The molecule has 0 spiro atoms. The molecule has 1 N–H and O–H groups in total. The standard InChI is InChI=1S/C13H14F3NO3/c1-2-7-17(8-11(18)19)12(20)9-5-3-4-6-10(9)13(14,15)16/h3-6H,2,7-8H2,1H3,(H,18,19). The maximum Gasteiger partial charge on any atom is 0.417 e. The Morgan fingerprint density at radius 1 is 1.25 bits per heavy atom. The van der Waals surface area contributed by atoms with Crippen LogP contribution in [0, 0.1) is 0 Å². The lowest BCUT2D eigenvalue weighted by atomic mass is 10.1. The molecule has 0 unspecified atom stereocenters. The number of benzene rings is 1. The molecule has 1 rings (SSSR count). The van der Waals surface area contributed by atoms with Crippen molar-refractivity contribution in [2.45, 2.75) is 19.5 Å². The van der Waals surface area contributed by atoms with Crippen molar-refractivity contribution < 1.29 is 27.9 Å². The smallest absolute Gasteiger partial charge is 0.417 e. The van der Waals surface area contributed by atoms with Crippen LogP contribution in [0.3, 0.4) is 0 Å². The van der Waals surface area contributed by atoms with Crippen LogP contribution < -0.4 is 0 Å². The van der Waals surface area contributed by atoms with Gasteiger partial charge in [-0.25, -0.2) is 0 Å². The maximum atomic E-state index is 12.8. The van der Waals surface area contributed by atoms with E-state index in [1.807, 2.05) is 0 Å². The molecule has 0 aliphatic heterocycles. The number of alkyl halides is 3. The second kappa shape index (κ2) is 6.40. The highest BCUT2D eigenvalue weighted by Gasteiger charge is 2.36. The number of amides is 1. The van der Waals surface area contributed by atoms with Crippen molar-refractivity contribution in [3.05, 3.63) is 35.4 Å². The first-order valence-corrected chi connectivity index (χ1v) is 5.94. The van der Waals surface area contributed by atoms with Gasteiger partial charge in [-0.3, -0.25) is 9.59 Å².